The van der Waals surface area contributed by atoms with Gasteiger partial charge in [0.2, 0.25) is 0 Å². The van der Waals surface area contributed by atoms with Crippen LogP contribution in [-0.2, 0) is 0 Å². The van der Waals surface area contributed by atoms with E-state index in [-0.39, 0.29) is 0 Å². The van der Waals surface area contributed by atoms with Gasteiger partial charge in [-0.05, 0) is 41.4 Å². The number of hydrogen-bond acceptors (Lipinski definition) is 3. The summed E-state index contributed by atoms with van der Waals surface area (Å²) in [6.07, 6.45) is 1.88. The zero-order chi connectivity index (χ0) is 14.5. The van der Waals surface area contributed by atoms with Gasteiger partial charge in [-0.1, -0.05) is 36.4 Å². The number of allylic oxidation sites excluding steroid dienone is 2. The number of hydrogen-bond donors (Lipinski definition) is 0. The lowest BCUT2D eigenvalue weighted by molar-refractivity contribution is 0.817. The van der Waals surface area contributed by atoms with Gasteiger partial charge >= 0.3 is 0 Å². The lowest BCUT2D eigenvalue weighted by atomic mass is 9.75. The van der Waals surface area contributed by atoms with Crippen LogP contribution in [0.3, 0.4) is 0 Å². The highest BCUT2D eigenvalue weighted by Crippen LogP contribution is 2.42. The number of halogens is 1. The summed E-state index contributed by atoms with van der Waals surface area (Å²) >= 11 is 7.56. The van der Waals surface area contributed by atoms with Gasteiger partial charge in [0.1, 0.15) is 0 Å². The first kappa shape index (κ1) is 15.4. The van der Waals surface area contributed by atoms with Gasteiger partial charge in [0.15, 0.2) is 5.41 Å². The Morgan fingerprint density at radius 1 is 1.37 bits per heavy atom. The van der Waals surface area contributed by atoms with Crippen LogP contribution in [0.2, 0.25) is 5.02 Å². The molecule has 0 aliphatic rings. The summed E-state index contributed by atoms with van der Waals surface area (Å²) in [6.45, 7) is 5.68. The standard InChI is InChI=1S/C15H13ClN2S/c1-11(8-19-3)15(9-17,10-18)12(2)13-6-4-5-7-14(13)16/h4-8H,2H2,1,3H3/b11-8+. The molecule has 0 N–H and O–H groups in total. The van der Waals surface area contributed by atoms with Gasteiger partial charge in [0.25, 0.3) is 0 Å². The van der Waals surface area contributed by atoms with E-state index in [2.05, 4.69) is 18.7 Å². The average molecular weight is 289 g/mol. The Labute approximate surface area is 123 Å². The second-order valence-electron chi connectivity index (χ2n) is 3.97. The van der Waals surface area contributed by atoms with E-state index in [1.54, 1.807) is 36.6 Å². The molecule has 1 rings (SSSR count). The summed E-state index contributed by atoms with van der Waals surface area (Å²) in [5.41, 5.74) is 0.301. The van der Waals surface area contributed by atoms with Crippen molar-refractivity contribution in [1.82, 2.24) is 0 Å². The van der Waals surface area contributed by atoms with Crippen LogP contribution in [0.4, 0.5) is 0 Å². The van der Waals surface area contributed by atoms with Crippen LogP contribution in [0.1, 0.15) is 12.5 Å². The predicted octanol–water partition coefficient (Wildman–Crippen LogP) is 4.65. The van der Waals surface area contributed by atoms with Crippen molar-refractivity contribution in [1.29, 1.82) is 10.5 Å². The third kappa shape index (κ3) is 2.84. The normalized spacial score (nSPS) is 11.5. The van der Waals surface area contributed by atoms with E-state index in [0.717, 1.165) is 0 Å². The maximum absolute atomic E-state index is 9.47. The molecule has 2 nitrogen and oxygen atoms in total. The van der Waals surface area contributed by atoms with Crippen LogP contribution in [-0.4, -0.2) is 6.26 Å². The highest BCUT2D eigenvalue weighted by atomic mass is 35.5. The zero-order valence-corrected chi connectivity index (χ0v) is 12.3. The molecule has 0 amide bonds. The average Bonchev–Trinajstić information content (AvgIpc) is 2.41. The molecule has 0 aromatic heterocycles. The van der Waals surface area contributed by atoms with Crippen molar-refractivity contribution in [3.8, 4) is 12.1 Å². The van der Waals surface area contributed by atoms with E-state index < -0.39 is 5.41 Å². The molecule has 0 saturated carbocycles. The zero-order valence-electron chi connectivity index (χ0n) is 10.8. The molecular formula is C15H13ClN2S. The van der Waals surface area contributed by atoms with Crippen molar-refractivity contribution in [3.63, 3.8) is 0 Å². The first-order valence-corrected chi connectivity index (χ1v) is 7.17. The monoisotopic (exact) mass is 288 g/mol. The number of nitriles is 2. The van der Waals surface area contributed by atoms with Gasteiger partial charge in [0, 0.05) is 5.02 Å². The van der Waals surface area contributed by atoms with Gasteiger partial charge in [-0.15, -0.1) is 11.8 Å². The van der Waals surface area contributed by atoms with E-state index in [9.17, 15) is 10.5 Å². The highest BCUT2D eigenvalue weighted by molar-refractivity contribution is 8.01. The van der Waals surface area contributed by atoms with Gasteiger partial charge < -0.3 is 0 Å². The van der Waals surface area contributed by atoms with Crippen molar-refractivity contribution in [3.05, 3.63) is 52.4 Å². The van der Waals surface area contributed by atoms with E-state index in [0.29, 0.717) is 21.7 Å². The maximum Gasteiger partial charge on any atom is 0.190 e. The van der Waals surface area contributed by atoms with E-state index in [4.69, 9.17) is 11.6 Å². The topological polar surface area (TPSA) is 47.6 Å². The Balaban J connectivity index is 3.43. The van der Waals surface area contributed by atoms with Crippen molar-refractivity contribution in [2.24, 2.45) is 5.41 Å². The largest absolute Gasteiger partial charge is 0.196 e. The molecule has 0 aliphatic carbocycles. The summed E-state index contributed by atoms with van der Waals surface area (Å²) in [5, 5.41) is 21.2. The second kappa shape index (κ2) is 6.48. The van der Waals surface area contributed by atoms with E-state index >= 15 is 0 Å². The number of nitrogens with zero attached hydrogens (tertiary/aromatic N) is 2. The molecular weight excluding hydrogens is 276 g/mol. The summed E-state index contributed by atoms with van der Waals surface area (Å²) in [5.74, 6) is 0. The minimum atomic E-state index is -1.38. The smallest absolute Gasteiger partial charge is 0.190 e. The van der Waals surface area contributed by atoms with Gasteiger partial charge in [-0.2, -0.15) is 10.5 Å². The Kier molecular flexibility index (Phi) is 5.24. The Bertz CT molecular complexity index is 591. The van der Waals surface area contributed by atoms with Crippen molar-refractivity contribution in [2.75, 3.05) is 6.26 Å². The second-order valence-corrected chi connectivity index (χ2v) is 5.08. The predicted molar refractivity (Wildman–Crippen MR) is 81.4 cm³/mol. The third-order valence-corrected chi connectivity index (χ3v) is 3.79. The fourth-order valence-electron chi connectivity index (χ4n) is 1.75. The van der Waals surface area contributed by atoms with Crippen LogP contribution in [0.25, 0.3) is 5.57 Å². The van der Waals surface area contributed by atoms with Crippen molar-refractivity contribution < 1.29 is 0 Å². The number of thioether (sulfide) groups is 1. The number of rotatable bonds is 4. The highest BCUT2D eigenvalue weighted by Gasteiger charge is 2.37. The molecule has 4 heteroatoms. The number of benzene rings is 1. The van der Waals surface area contributed by atoms with Crippen LogP contribution in [0.5, 0.6) is 0 Å². The molecule has 0 unspecified atom stereocenters. The van der Waals surface area contributed by atoms with Crippen molar-refractivity contribution in [2.45, 2.75) is 6.92 Å². The summed E-state index contributed by atoms with van der Waals surface area (Å²) in [6, 6.07) is 11.2. The van der Waals surface area contributed by atoms with Crippen LogP contribution >= 0.6 is 23.4 Å². The first-order chi connectivity index (χ1) is 9.03. The SMILES string of the molecule is C=C(c1ccccc1Cl)C(C#N)(C#N)/C(C)=C/SC. The molecule has 0 bridgehead atoms. The lowest BCUT2D eigenvalue weighted by Crippen LogP contribution is -2.19. The van der Waals surface area contributed by atoms with Crippen LogP contribution < -0.4 is 0 Å². The quantitative estimate of drug-likeness (QED) is 0.810. The molecule has 0 saturated heterocycles. The Morgan fingerprint density at radius 3 is 2.42 bits per heavy atom. The summed E-state index contributed by atoms with van der Waals surface area (Å²) < 4.78 is 0. The Morgan fingerprint density at radius 2 is 1.95 bits per heavy atom. The molecule has 0 radical (unpaired) electrons. The molecule has 0 atom stereocenters. The molecule has 0 heterocycles. The maximum atomic E-state index is 9.47. The molecule has 96 valence electrons. The minimum Gasteiger partial charge on any atom is -0.196 e. The summed E-state index contributed by atoms with van der Waals surface area (Å²) in [7, 11) is 0. The molecule has 1 aromatic carbocycles. The van der Waals surface area contributed by atoms with E-state index in [1.807, 2.05) is 6.26 Å². The molecule has 0 spiro atoms. The summed E-state index contributed by atoms with van der Waals surface area (Å²) in [4.78, 5) is 0. The van der Waals surface area contributed by atoms with Gasteiger partial charge in [-0.3, -0.25) is 0 Å². The fraction of sp³-hybridized carbons (Fsp3) is 0.200. The van der Waals surface area contributed by atoms with Gasteiger partial charge in [-0.25, -0.2) is 0 Å². The fourth-order valence-corrected chi connectivity index (χ4v) is 2.53. The Hall–Kier alpha value is -1.68. The van der Waals surface area contributed by atoms with Crippen molar-refractivity contribution >= 4 is 28.9 Å². The third-order valence-electron chi connectivity index (χ3n) is 2.87. The minimum absolute atomic E-state index is 0.408. The van der Waals surface area contributed by atoms with E-state index in [1.165, 1.54) is 11.8 Å². The molecule has 1 aromatic rings. The first-order valence-electron chi connectivity index (χ1n) is 5.50. The van der Waals surface area contributed by atoms with Crippen LogP contribution in [0, 0.1) is 28.1 Å². The molecule has 0 aliphatic heterocycles. The van der Waals surface area contributed by atoms with Gasteiger partial charge in [0.05, 0.1) is 12.1 Å². The molecule has 19 heavy (non-hydrogen) atoms. The van der Waals surface area contributed by atoms with Crippen LogP contribution in [0.15, 0.2) is 41.8 Å². The lowest BCUT2D eigenvalue weighted by Gasteiger charge is -2.23. The molecule has 0 fully saturated rings.